The number of guanidine groups is 1. The second kappa shape index (κ2) is 14.9. The number of hydrogen-bond acceptors (Lipinski definition) is 5. The van der Waals surface area contributed by atoms with Crippen LogP contribution in [0.4, 0.5) is 0 Å². The molecule has 2 aromatic rings. The molecule has 9 heteroatoms. The third kappa shape index (κ3) is 9.17. The van der Waals surface area contributed by atoms with Crippen LogP contribution in [0, 0.1) is 0 Å². The molecule has 8 nitrogen and oxygen atoms in total. The topological polar surface area (TPSA) is 97.1 Å². The van der Waals surface area contributed by atoms with Gasteiger partial charge in [-0.05, 0) is 49.1 Å². The minimum absolute atomic E-state index is 0. The first-order valence-corrected chi connectivity index (χ1v) is 10.8. The predicted octanol–water partition coefficient (Wildman–Crippen LogP) is 3.08. The molecule has 1 aliphatic rings. The van der Waals surface area contributed by atoms with Crippen molar-refractivity contribution in [3.8, 4) is 0 Å². The standard InChI is InChI=1S/C23H32N4O4.HI/c1-24-23(25-10-5-11-29-17-21-9-4-13-31-21)27-15-18-6-2-7-19(14-18)22(28)26-16-20-8-3-12-30-20;/h2-3,6-8,12,14,21H,4-5,9-11,13,15-17H2,1H3,(H,26,28)(H2,24,25,27);1H. The van der Waals surface area contributed by atoms with Crippen molar-refractivity contribution in [3.63, 3.8) is 0 Å². The summed E-state index contributed by atoms with van der Waals surface area (Å²) in [5.41, 5.74) is 1.60. The number of hydrogen-bond donors (Lipinski definition) is 3. The first-order valence-electron chi connectivity index (χ1n) is 10.8. The van der Waals surface area contributed by atoms with Gasteiger partial charge in [-0.25, -0.2) is 0 Å². The largest absolute Gasteiger partial charge is 0.467 e. The first-order chi connectivity index (χ1) is 15.2. The van der Waals surface area contributed by atoms with E-state index in [0.29, 0.717) is 37.8 Å². The molecule has 0 radical (unpaired) electrons. The van der Waals surface area contributed by atoms with E-state index in [1.165, 1.54) is 0 Å². The van der Waals surface area contributed by atoms with Crippen molar-refractivity contribution in [2.75, 3.05) is 33.4 Å². The Kier molecular flexibility index (Phi) is 12.1. The van der Waals surface area contributed by atoms with Gasteiger partial charge in [0.05, 0.1) is 25.5 Å². The van der Waals surface area contributed by atoms with E-state index < -0.39 is 0 Å². The fourth-order valence-corrected chi connectivity index (χ4v) is 3.28. The SMILES string of the molecule is CN=C(NCCCOCC1CCCO1)NCc1cccc(C(=O)NCc2ccco2)c1.I. The van der Waals surface area contributed by atoms with Crippen LogP contribution in [-0.2, 0) is 22.6 Å². The molecule has 1 fully saturated rings. The first kappa shape index (κ1) is 26.1. The molecular weight excluding hydrogens is 523 g/mol. The molecule has 3 N–H and O–H groups in total. The molecule has 1 unspecified atom stereocenters. The molecule has 2 heterocycles. The van der Waals surface area contributed by atoms with Crippen LogP contribution in [-0.4, -0.2) is 51.4 Å². The molecule has 1 saturated heterocycles. The minimum Gasteiger partial charge on any atom is -0.467 e. The lowest BCUT2D eigenvalue weighted by atomic mass is 10.1. The van der Waals surface area contributed by atoms with Gasteiger partial charge < -0.3 is 29.8 Å². The molecule has 1 aromatic carbocycles. The quantitative estimate of drug-likeness (QED) is 0.171. The van der Waals surface area contributed by atoms with E-state index in [9.17, 15) is 4.79 Å². The van der Waals surface area contributed by atoms with E-state index in [4.69, 9.17) is 13.9 Å². The molecule has 0 bridgehead atoms. The van der Waals surface area contributed by atoms with Gasteiger partial charge in [0, 0.05) is 38.9 Å². The van der Waals surface area contributed by atoms with Crippen molar-refractivity contribution in [3.05, 3.63) is 59.5 Å². The van der Waals surface area contributed by atoms with E-state index in [0.717, 1.165) is 43.7 Å². The summed E-state index contributed by atoms with van der Waals surface area (Å²) in [7, 11) is 1.74. The number of nitrogens with zero attached hydrogens (tertiary/aromatic N) is 1. The Bertz CT molecular complexity index is 823. The van der Waals surface area contributed by atoms with Gasteiger partial charge in [0.15, 0.2) is 5.96 Å². The van der Waals surface area contributed by atoms with Gasteiger partial charge in [0.25, 0.3) is 5.91 Å². The molecule has 0 spiro atoms. The number of amides is 1. The van der Waals surface area contributed by atoms with Gasteiger partial charge in [-0.1, -0.05) is 12.1 Å². The number of aliphatic imine (C=N–C) groups is 1. The molecule has 176 valence electrons. The Morgan fingerprint density at radius 1 is 1.19 bits per heavy atom. The highest BCUT2D eigenvalue weighted by molar-refractivity contribution is 14.0. The van der Waals surface area contributed by atoms with Crippen LogP contribution in [0.1, 0.15) is 40.9 Å². The second-order valence-electron chi connectivity index (χ2n) is 7.38. The number of furan rings is 1. The normalized spacial score (nSPS) is 15.8. The molecular formula is C23H33IN4O4. The number of rotatable bonds is 11. The van der Waals surface area contributed by atoms with Crippen molar-refractivity contribution in [1.82, 2.24) is 16.0 Å². The smallest absolute Gasteiger partial charge is 0.251 e. The maximum absolute atomic E-state index is 12.4. The average molecular weight is 556 g/mol. The molecule has 1 amide bonds. The number of ether oxygens (including phenoxy) is 2. The number of carbonyl (C=O) groups excluding carboxylic acids is 1. The van der Waals surface area contributed by atoms with Crippen molar-refractivity contribution in [1.29, 1.82) is 0 Å². The van der Waals surface area contributed by atoms with E-state index in [1.54, 1.807) is 25.4 Å². The zero-order valence-electron chi connectivity index (χ0n) is 18.5. The molecule has 1 aliphatic heterocycles. The molecule has 1 aromatic heterocycles. The lowest BCUT2D eigenvalue weighted by Gasteiger charge is -2.13. The number of carbonyl (C=O) groups is 1. The van der Waals surface area contributed by atoms with Crippen LogP contribution in [0.5, 0.6) is 0 Å². The fraction of sp³-hybridized carbons (Fsp3) is 0.478. The fourth-order valence-electron chi connectivity index (χ4n) is 3.28. The van der Waals surface area contributed by atoms with Gasteiger partial charge in [-0.3, -0.25) is 9.79 Å². The van der Waals surface area contributed by atoms with Gasteiger partial charge >= 0.3 is 0 Å². The van der Waals surface area contributed by atoms with Crippen LogP contribution in [0.15, 0.2) is 52.1 Å². The van der Waals surface area contributed by atoms with Gasteiger partial charge in [-0.15, -0.1) is 24.0 Å². The second-order valence-corrected chi connectivity index (χ2v) is 7.38. The highest BCUT2D eigenvalue weighted by Crippen LogP contribution is 2.11. The van der Waals surface area contributed by atoms with Gasteiger partial charge in [0.2, 0.25) is 0 Å². The Morgan fingerprint density at radius 3 is 2.84 bits per heavy atom. The molecule has 0 aliphatic carbocycles. The summed E-state index contributed by atoms with van der Waals surface area (Å²) >= 11 is 0. The van der Waals surface area contributed by atoms with E-state index in [1.807, 2.05) is 24.3 Å². The van der Waals surface area contributed by atoms with E-state index in [2.05, 4.69) is 20.9 Å². The van der Waals surface area contributed by atoms with Crippen LogP contribution >= 0.6 is 24.0 Å². The average Bonchev–Trinajstić information content (AvgIpc) is 3.51. The monoisotopic (exact) mass is 556 g/mol. The highest BCUT2D eigenvalue weighted by Gasteiger charge is 2.14. The Hall–Kier alpha value is -2.11. The van der Waals surface area contributed by atoms with Crippen LogP contribution < -0.4 is 16.0 Å². The molecule has 3 rings (SSSR count). The van der Waals surface area contributed by atoms with Gasteiger partial charge in [-0.2, -0.15) is 0 Å². The Balaban J connectivity index is 0.00000363. The van der Waals surface area contributed by atoms with Crippen LogP contribution in [0.25, 0.3) is 0 Å². The summed E-state index contributed by atoms with van der Waals surface area (Å²) in [4.78, 5) is 16.6. The molecule has 0 saturated carbocycles. The third-order valence-corrected chi connectivity index (χ3v) is 4.96. The van der Waals surface area contributed by atoms with Crippen molar-refractivity contribution in [2.45, 2.75) is 38.5 Å². The Morgan fingerprint density at radius 2 is 2.09 bits per heavy atom. The number of benzene rings is 1. The third-order valence-electron chi connectivity index (χ3n) is 4.96. The highest BCUT2D eigenvalue weighted by atomic mass is 127. The van der Waals surface area contributed by atoms with Crippen LogP contribution in [0.2, 0.25) is 0 Å². The summed E-state index contributed by atoms with van der Waals surface area (Å²) in [6.07, 6.45) is 4.98. The lowest BCUT2D eigenvalue weighted by molar-refractivity contribution is 0.0168. The number of nitrogens with one attached hydrogen (secondary N) is 3. The lowest BCUT2D eigenvalue weighted by Crippen LogP contribution is -2.37. The van der Waals surface area contributed by atoms with Crippen molar-refractivity contribution >= 4 is 35.8 Å². The molecule has 32 heavy (non-hydrogen) atoms. The zero-order chi connectivity index (χ0) is 21.7. The van der Waals surface area contributed by atoms with Crippen molar-refractivity contribution in [2.24, 2.45) is 4.99 Å². The maximum atomic E-state index is 12.4. The Labute approximate surface area is 206 Å². The summed E-state index contributed by atoms with van der Waals surface area (Å²) in [6.45, 7) is 3.92. The van der Waals surface area contributed by atoms with Crippen LogP contribution in [0.3, 0.4) is 0 Å². The van der Waals surface area contributed by atoms with Crippen molar-refractivity contribution < 1.29 is 18.7 Å². The summed E-state index contributed by atoms with van der Waals surface area (Å²) in [5.74, 6) is 1.30. The van der Waals surface area contributed by atoms with E-state index in [-0.39, 0.29) is 36.0 Å². The summed E-state index contributed by atoms with van der Waals surface area (Å²) in [6, 6.07) is 11.1. The minimum atomic E-state index is -0.135. The zero-order valence-corrected chi connectivity index (χ0v) is 20.8. The predicted molar refractivity (Wildman–Crippen MR) is 134 cm³/mol. The summed E-state index contributed by atoms with van der Waals surface area (Å²) < 4.78 is 16.5. The number of halogens is 1. The maximum Gasteiger partial charge on any atom is 0.251 e. The van der Waals surface area contributed by atoms with Gasteiger partial charge in [0.1, 0.15) is 5.76 Å². The summed E-state index contributed by atoms with van der Waals surface area (Å²) in [5, 5.41) is 9.41. The molecule has 1 atom stereocenters. The van der Waals surface area contributed by atoms with E-state index >= 15 is 0 Å².